The minimum atomic E-state index is -3.77. The second-order valence-electron chi connectivity index (χ2n) is 5.49. The van der Waals surface area contributed by atoms with Gasteiger partial charge in [0.15, 0.2) is 0 Å². The maximum absolute atomic E-state index is 12.4. The van der Waals surface area contributed by atoms with Gasteiger partial charge >= 0.3 is 0 Å². The third kappa shape index (κ3) is 3.83. The lowest BCUT2D eigenvalue weighted by Crippen LogP contribution is -2.25. The number of ether oxygens (including phenoxy) is 1. The molecule has 24 heavy (non-hydrogen) atoms. The molecule has 0 aliphatic heterocycles. The van der Waals surface area contributed by atoms with E-state index in [-0.39, 0.29) is 22.5 Å². The summed E-state index contributed by atoms with van der Waals surface area (Å²) in [5, 5.41) is 2.83. The third-order valence-electron chi connectivity index (χ3n) is 3.53. The van der Waals surface area contributed by atoms with Crippen LogP contribution in [0.4, 0.5) is 5.69 Å². The number of sulfonamides is 1. The first-order chi connectivity index (χ1) is 11.5. The number of nitrogens with one attached hydrogen (secondary N) is 2. The summed E-state index contributed by atoms with van der Waals surface area (Å²) in [6.45, 7) is 0. The first-order valence-electron chi connectivity index (χ1n) is 7.41. The van der Waals surface area contributed by atoms with E-state index in [4.69, 9.17) is 4.74 Å². The van der Waals surface area contributed by atoms with Gasteiger partial charge in [-0.3, -0.25) is 14.5 Å². The quantitative estimate of drug-likeness (QED) is 0.830. The number of pyridine rings is 1. The van der Waals surface area contributed by atoms with E-state index in [0.29, 0.717) is 11.3 Å². The fraction of sp³-hybridized carbons (Fsp3) is 0.250. The van der Waals surface area contributed by atoms with Crippen LogP contribution in [0.25, 0.3) is 0 Å². The molecule has 8 heteroatoms. The topological polar surface area (TPSA) is 97.4 Å². The summed E-state index contributed by atoms with van der Waals surface area (Å²) in [7, 11) is -2.26. The van der Waals surface area contributed by atoms with E-state index >= 15 is 0 Å². The van der Waals surface area contributed by atoms with Crippen molar-refractivity contribution in [1.82, 2.24) is 10.3 Å². The molecule has 126 valence electrons. The van der Waals surface area contributed by atoms with Gasteiger partial charge in [0.25, 0.3) is 15.9 Å². The molecule has 1 fully saturated rings. The highest BCUT2D eigenvalue weighted by atomic mass is 32.2. The zero-order valence-corrected chi connectivity index (χ0v) is 13.8. The number of aromatic nitrogens is 1. The molecule has 1 aliphatic rings. The van der Waals surface area contributed by atoms with Gasteiger partial charge in [-0.2, -0.15) is 0 Å². The fourth-order valence-corrected chi connectivity index (χ4v) is 3.12. The first-order valence-corrected chi connectivity index (χ1v) is 8.89. The number of benzene rings is 1. The Labute approximate surface area is 140 Å². The minimum Gasteiger partial charge on any atom is -0.497 e. The van der Waals surface area contributed by atoms with Crippen molar-refractivity contribution in [3.05, 3.63) is 48.3 Å². The van der Waals surface area contributed by atoms with Crippen molar-refractivity contribution in [3.63, 3.8) is 0 Å². The molecule has 2 N–H and O–H groups in total. The van der Waals surface area contributed by atoms with Gasteiger partial charge in [0, 0.05) is 12.2 Å². The number of carbonyl (C=O) groups is 1. The van der Waals surface area contributed by atoms with Crippen LogP contribution in [0.3, 0.4) is 0 Å². The lowest BCUT2D eigenvalue weighted by atomic mass is 10.2. The van der Waals surface area contributed by atoms with Crippen LogP contribution in [0.15, 0.2) is 47.6 Å². The highest BCUT2D eigenvalue weighted by Crippen LogP contribution is 2.21. The Morgan fingerprint density at radius 2 is 1.92 bits per heavy atom. The monoisotopic (exact) mass is 347 g/mol. The molecule has 1 heterocycles. The van der Waals surface area contributed by atoms with Crippen molar-refractivity contribution in [3.8, 4) is 5.75 Å². The zero-order valence-electron chi connectivity index (χ0n) is 13.0. The molecule has 1 aliphatic carbocycles. The Kier molecular flexibility index (Phi) is 4.39. The smallest absolute Gasteiger partial charge is 0.261 e. The summed E-state index contributed by atoms with van der Waals surface area (Å²) < 4.78 is 32.2. The summed E-state index contributed by atoms with van der Waals surface area (Å²) >= 11 is 0. The molecule has 0 atom stereocenters. The van der Waals surface area contributed by atoms with E-state index in [1.807, 2.05) is 0 Å². The molecule has 0 spiro atoms. The third-order valence-corrected chi connectivity index (χ3v) is 4.93. The summed E-state index contributed by atoms with van der Waals surface area (Å²) in [6.07, 6.45) is 4.71. The van der Waals surface area contributed by atoms with Gasteiger partial charge in [0.1, 0.15) is 5.75 Å². The van der Waals surface area contributed by atoms with Gasteiger partial charge in [-0.25, -0.2) is 8.42 Å². The predicted molar refractivity (Wildman–Crippen MR) is 88.5 cm³/mol. The van der Waals surface area contributed by atoms with Crippen molar-refractivity contribution in [2.75, 3.05) is 11.8 Å². The van der Waals surface area contributed by atoms with Gasteiger partial charge in [-0.05, 0) is 43.2 Å². The minimum absolute atomic E-state index is 0.0936. The van der Waals surface area contributed by atoms with Crippen LogP contribution < -0.4 is 14.8 Å². The largest absolute Gasteiger partial charge is 0.497 e. The van der Waals surface area contributed by atoms with Gasteiger partial charge < -0.3 is 10.1 Å². The number of rotatable bonds is 6. The van der Waals surface area contributed by atoms with Crippen LogP contribution in [0.2, 0.25) is 0 Å². The van der Waals surface area contributed by atoms with Gasteiger partial charge in [0.2, 0.25) is 0 Å². The average molecular weight is 347 g/mol. The molecule has 7 nitrogen and oxygen atoms in total. The van der Waals surface area contributed by atoms with Crippen molar-refractivity contribution >= 4 is 21.6 Å². The molecular formula is C16H17N3O4S. The van der Waals surface area contributed by atoms with Crippen molar-refractivity contribution in [2.24, 2.45) is 0 Å². The molecule has 1 amide bonds. The van der Waals surface area contributed by atoms with Crippen LogP contribution in [-0.4, -0.2) is 32.5 Å². The molecule has 0 unspecified atom stereocenters. The lowest BCUT2D eigenvalue weighted by molar-refractivity contribution is 0.0950. The van der Waals surface area contributed by atoms with E-state index in [2.05, 4.69) is 15.0 Å². The van der Waals surface area contributed by atoms with Crippen LogP contribution >= 0.6 is 0 Å². The second-order valence-corrected chi connectivity index (χ2v) is 7.17. The number of anilines is 1. The second kappa shape index (κ2) is 6.48. The van der Waals surface area contributed by atoms with Crippen molar-refractivity contribution in [2.45, 2.75) is 23.8 Å². The molecule has 0 radical (unpaired) electrons. The predicted octanol–water partition coefficient (Wildman–Crippen LogP) is 1.78. The van der Waals surface area contributed by atoms with Crippen molar-refractivity contribution in [1.29, 1.82) is 0 Å². The highest BCUT2D eigenvalue weighted by molar-refractivity contribution is 7.92. The number of hydrogen-bond donors (Lipinski definition) is 2. The maximum atomic E-state index is 12.4. The summed E-state index contributed by atoms with van der Waals surface area (Å²) in [4.78, 5) is 16.0. The highest BCUT2D eigenvalue weighted by Gasteiger charge is 2.24. The van der Waals surface area contributed by atoms with E-state index in [0.717, 1.165) is 12.8 Å². The Morgan fingerprint density at radius 1 is 1.21 bits per heavy atom. The Bertz CT molecular complexity index is 846. The van der Waals surface area contributed by atoms with Gasteiger partial charge in [-0.1, -0.05) is 0 Å². The average Bonchev–Trinajstić information content (AvgIpc) is 3.38. The van der Waals surface area contributed by atoms with Crippen LogP contribution in [0.5, 0.6) is 5.75 Å². The molecule has 0 saturated heterocycles. The summed E-state index contributed by atoms with van der Waals surface area (Å²) in [6, 6.07) is 7.69. The molecule has 0 bridgehead atoms. The van der Waals surface area contributed by atoms with E-state index in [1.54, 1.807) is 12.1 Å². The molecule has 3 rings (SSSR count). The number of methoxy groups -OCH3 is 1. The molecular weight excluding hydrogens is 330 g/mol. The normalized spacial score (nSPS) is 14.0. The zero-order chi connectivity index (χ0) is 17.2. The SMILES string of the molecule is COc1ccc(S(=O)(=O)Nc2cncc(C(=O)NC3CC3)c2)cc1. The number of amides is 1. The van der Waals surface area contributed by atoms with E-state index in [9.17, 15) is 13.2 Å². The standard InChI is InChI=1S/C16H17N3O4S/c1-23-14-4-6-15(7-5-14)24(21,22)19-13-8-11(9-17-10-13)16(20)18-12-2-3-12/h4-10,12,19H,2-3H2,1H3,(H,18,20). The van der Waals surface area contributed by atoms with Crippen LogP contribution in [0.1, 0.15) is 23.2 Å². The summed E-state index contributed by atoms with van der Waals surface area (Å²) in [5.41, 5.74) is 0.547. The van der Waals surface area contributed by atoms with Crippen LogP contribution in [0, 0.1) is 0 Å². The van der Waals surface area contributed by atoms with Gasteiger partial charge in [-0.15, -0.1) is 0 Å². The lowest BCUT2D eigenvalue weighted by Gasteiger charge is -2.10. The number of carbonyl (C=O) groups excluding carboxylic acids is 1. The van der Waals surface area contributed by atoms with Crippen molar-refractivity contribution < 1.29 is 17.9 Å². The molecule has 1 aromatic carbocycles. The Hall–Kier alpha value is -2.61. The molecule has 1 aromatic heterocycles. The Morgan fingerprint density at radius 3 is 2.54 bits per heavy atom. The van der Waals surface area contributed by atoms with Crippen LogP contribution in [-0.2, 0) is 10.0 Å². The number of nitrogens with zero attached hydrogens (tertiary/aromatic N) is 1. The molecule has 2 aromatic rings. The van der Waals surface area contributed by atoms with E-state index in [1.165, 1.54) is 37.7 Å². The maximum Gasteiger partial charge on any atom is 0.261 e. The fourth-order valence-electron chi connectivity index (χ4n) is 2.09. The first kappa shape index (κ1) is 16.3. The van der Waals surface area contributed by atoms with E-state index < -0.39 is 10.0 Å². The molecule has 1 saturated carbocycles. The Balaban J connectivity index is 1.77. The number of hydrogen-bond acceptors (Lipinski definition) is 5. The van der Waals surface area contributed by atoms with Gasteiger partial charge in [0.05, 0.1) is 29.5 Å². The summed E-state index contributed by atoms with van der Waals surface area (Å²) in [5.74, 6) is 0.310.